The first-order valence-electron chi connectivity index (χ1n) is 10.5. The van der Waals surface area contributed by atoms with E-state index in [9.17, 15) is 0 Å². The van der Waals surface area contributed by atoms with Gasteiger partial charge in [-0.3, -0.25) is 9.97 Å². The van der Waals surface area contributed by atoms with E-state index >= 15 is 0 Å². The highest BCUT2D eigenvalue weighted by molar-refractivity contribution is 5.85. The molecular formula is C23H22N10. The standard InChI is InChI=1S/C23H22N10/c1-14(2)33-13-30-19-21(31-20(32-22(19)33)17-11-28-23(24)29-12-17)27-9-15-5-6-18(26-8-15)16-4-3-7-25-10-16/h3-8,10-14H,9H2,1-2H3,(H2,24,28,29)(H,27,31,32). The number of nitrogens with one attached hydrogen (secondary N) is 1. The molecule has 3 N–H and O–H groups in total. The molecule has 164 valence electrons. The van der Waals surface area contributed by atoms with E-state index in [-0.39, 0.29) is 12.0 Å². The minimum absolute atomic E-state index is 0.192. The van der Waals surface area contributed by atoms with Gasteiger partial charge in [-0.1, -0.05) is 6.07 Å². The van der Waals surface area contributed by atoms with E-state index in [4.69, 9.17) is 15.7 Å². The number of rotatable bonds is 6. The van der Waals surface area contributed by atoms with Crippen LogP contribution in [-0.2, 0) is 6.54 Å². The van der Waals surface area contributed by atoms with Gasteiger partial charge in [0, 0.05) is 49.1 Å². The molecule has 0 aromatic carbocycles. The zero-order valence-electron chi connectivity index (χ0n) is 18.2. The van der Waals surface area contributed by atoms with Crippen LogP contribution in [0.3, 0.4) is 0 Å². The van der Waals surface area contributed by atoms with Crippen molar-refractivity contribution in [3.05, 3.63) is 67.1 Å². The van der Waals surface area contributed by atoms with E-state index in [1.165, 1.54) is 0 Å². The number of nitrogen functional groups attached to an aromatic ring is 1. The molecule has 5 aromatic rings. The third-order valence-corrected chi connectivity index (χ3v) is 5.15. The number of imidazole rings is 1. The Kier molecular flexibility index (Phi) is 5.31. The average Bonchev–Trinajstić information content (AvgIpc) is 3.28. The van der Waals surface area contributed by atoms with Gasteiger partial charge in [0.25, 0.3) is 0 Å². The van der Waals surface area contributed by atoms with Crippen LogP contribution in [0.25, 0.3) is 33.8 Å². The van der Waals surface area contributed by atoms with Crippen molar-refractivity contribution in [2.24, 2.45) is 0 Å². The summed E-state index contributed by atoms with van der Waals surface area (Å²) in [6.07, 6.45) is 10.4. The van der Waals surface area contributed by atoms with Crippen LogP contribution in [0.1, 0.15) is 25.5 Å². The highest BCUT2D eigenvalue weighted by atomic mass is 15.2. The van der Waals surface area contributed by atoms with Crippen LogP contribution in [0.5, 0.6) is 0 Å². The smallest absolute Gasteiger partial charge is 0.219 e. The van der Waals surface area contributed by atoms with E-state index in [1.807, 2.05) is 35.0 Å². The monoisotopic (exact) mass is 438 g/mol. The number of fused-ring (bicyclic) bond motifs is 1. The van der Waals surface area contributed by atoms with Crippen LogP contribution in [0.15, 0.2) is 61.6 Å². The van der Waals surface area contributed by atoms with Gasteiger partial charge in [-0.15, -0.1) is 0 Å². The molecule has 0 bridgehead atoms. The lowest BCUT2D eigenvalue weighted by molar-refractivity contribution is 0.613. The van der Waals surface area contributed by atoms with Crippen LogP contribution < -0.4 is 11.1 Å². The van der Waals surface area contributed by atoms with Crippen LogP contribution in [0.4, 0.5) is 11.8 Å². The molecule has 0 saturated carbocycles. The first-order valence-corrected chi connectivity index (χ1v) is 10.5. The highest BCUT2D eigenvalue weighted by Crippen LogP contribution is 2.26. The fourth-order valence-corrected chi connectivity index (χ4v) is 3.40. The Morgan fingerprint density at radius 3 is 2.48 bits per heavy atom. The summed E-state index contributed by atoms with van der Waals surface area (Å²) in [6.45, 7) is 4.69. The second-order valence-corrected chi connectivity index (χ2v) is 7.79. The summed E-state index contributed by atoms with van der Waals surface area (Å²) in [5.41, 5.74) is 10.6. The van der Waals surface area contributed by atoms with Gasteiger partial charge in [-0.2, -0.15) is 0 Å². The summed E-state index contributed by atoms with van der Waals surface area (Å²) in [6, 6.07) is 8.08. The molecule has 0 saturated heterocycles. The Hall–Kier alpha value is -4.47. The molecule has 0 radical (unpaired) electrons. The lowest BCUT2D eigenvalue weighted by Gasteiger charge is -2.11. The summed E-state index contributed by atoms with van der Waals surface area (Å²) in [7, 11) is 0. The SMILES string of the molecule is CC(C)n1cnc2c(NCc3ccc(-c4cccnc4)nc3)nc(-c3cnc(N)nc3)nc21. The predicted molar refractivity (Wildman–Crippen MR) is 126 cm³/mol. The topological polar surface area (TPSA) is 133 Å². The van der Waals surface area contributed by atoms with Crippen molar-refractivity contribution in [2.45, 2.75) is 26.4 Å². The van der Waals surface area contributed by atoms with E-state index in [1.54, 1.807) is 31.1 Å². The zero-order chi connectivity index (χ0) is 22.8. The van der Waals surface area contributed by atoms with Gasteiger partial charge < -0.3 is 15.6 Å². The Morgan fingerprint density at radius 1 is 0.939 bits per heavy atom. The first kappa shape index (κ1) is 20.4. The maximum absolute atomic E-state index is 5.63. The molecule has 0 atom stereocenters. The van der Waals surface area contributed by atoms with Crippen LogP contribution >= 0.6 is 0 Å². The third kappa shape index (κ3) is 4.18. The maximum atomic E-state index is 5.63. The van der Waals surface area contributed by atoms with E-state index in [0.717, 1.165) is 22.5 Å². The third-order valence-electron chi connectivity index (χ3n) is 5.15. The minimum Gasteiger partial charge on any atom is -0.368 e. The van der Waals surface area contributed by atoms with Crippen molar-refractivity contribution in [3.8, 4) is 22.6 Å². The zero-order valence-corrected chi connectivity index (χ0v) is 18.2. The summed E-state index contributed by atoms with van der Waals surface area (Å²) < 4.78 is 2.01. The van der Waals surface area contributed by atoms with Crippen molar-refractivity contribution >= 4 is 22.9 Å². The average molecular weight is 438 g/mol. The van der Waals surface area contributed by atoms with Crippen molar-refractivity contribution in [3.63, 3.8) is 0 Å². The number of aromatic nitrogens is 8. The second kappa shape index (κ2) is 8.58. The number of hydrogen-bond acceptors (Lipinski definition) is 9. The fourth-order valence-electron chi connectivity index (χ4n) is 3.40. The highest BCUT2D eigenvalue weighted by Gasteiger charge is 2.16. The van der Waals surface area contributed by atoms with Gasteiger partial charge in [0.2, 0.25) is 5.95 Å². The number of pyridine rings is 2. The molecule has 5 rings (SSSR count). The van der Waals surface area contributed by atoms with E-state index in [2.05, 4.69) is 44.1 Å². The maximum Gasteiger partial charge on any atom is 0.219 e. The van der Waals surface area contributed by atoms with Crippen molar-refractivity contribution in [1.82, 2.24) is 39.5 Å². The van der Waals surface area contributed by atoms with Crippen molar-refractivity contribution in [2.75, 3.05) is 11.1 Å². The van der Waals surface area contributed by atoms with Crippen LogP contribution in [0, 0.1) is 0 Å². The summed E-state index contributed by atoms with van der Waals surface area (Å²) in [5.74, 6) is 1.33. The molecule has 0 spiro atoms. The lowest BCUT2D eigenvalue weighted by atomic mass is 10.1. The summed E-state index contributed by atoms with van der Waals surface area (Å²) >= 11 is 0. The van der Waals surface area contributed by atoms with Crippen LogP contribution in [-0.4, -0.2) is 39.5 Å². The molecule has 5 heterocycles. The minimum atomic E-state index is 0.192. The van der Waals surface area contributed by atoms with Gasteiger partial charge in [0.1, 0.15) is 5.52 Å². The summed E-state index contributed by atoms with van der Waals surface area (Å²) in [4.78, 5) is 30.8. The molecule has 0 fully saturated rings. The van der Waals surface area contributed by atoms with Gasteiger partial charge in [0.05, 0.1) is 17.6 Å². The molecule has 0 amide bonds. The molecular weight excluding hydrogens is 416 g/mol. The lowest BCUT2D eigenvalue weighted by Crippen LogP contribution is -2.07. The van der Waals surface area contributed by atoms with Crippen LogP contribution in [0.2, 0.25) is 0 Å². The van der Waals surface area contributed by atoms with E-state index < -0.39 is 0 Å². The largest absolute Gasteiger partial charge is 0.368 e. The fraction of sp³-hybridized carbons (Fsp3) is 0.174. The molecule has 5 aromatic heterocycles. The van der Waals surface area contributed by atoms with Gasteiger partial charge >= 0.3 is 0 Å². The predicted octanol–water partition coefficient (Wildman–Crippen LogP) is 3.52. The number of hydrogen-bond donors (Lipinski definition) is 2. The molecule has 10 nitrogen and oxygen atoms in total. The first-order chi connectivity index (χ1) is 16.1. The van der Waals surface area contributed by atoms with Gasteiger partial charge in [-0.05, 0) is 37.6 Å². The molecule has 0 unspecified atom stereocenters. The molecule has 10 heteroatoms. The molecule has 0 aliphatic heterocycles. The van der Waals surface area contributed by atoms with Gasteiger partial charge in [-0.25, -0.2) is 24.9 Å². The normalized spacial score (nSPS) is 11.2. The Bertz CT molecular complexity index is 1380. The Balaban J connectivity index is 1.46. The Labute approximate surface area is 190 Å². The quantitative estimate of drug-likeness (QED) is 0.408. The number of nitrogens with zero attached hydrogens (tertiary/aromatic N) is 8. The molecule has 33 heavy (non-hydrogen) atoms. The van der Waals surface area contributed by atoms with E-state index in [0.29, 0.717) is 29.3 Å². The summed E-state index contributed by atoms with van der Waals surface area (Å²) in [5, 5.41) is 3.39. The molecule has 0 aliphatic carbocycles. The molecule has 0 aliphatic rings. The van der Waals surface area contributed by atoms with Crippen molar-refractivity contribution in [1.29, 1.82) is 0 Å². The Morgan fingerprint density at radius 2 is 1.79 bits per heavy atom. The number of anilines is 2. The van der Waals surface area contributed by atoms with Gasteiger partial charge in [0.15, 0.2) is 17.3 Å². The van der Waals surface area contributed by atoms with Crippen molar-refractivity contribution < 1.29 is 0 Å². The number of nitrogens with two attached hydrogens (primary N) is 1. The second-order valence-electron chi connectivity index (χ2n) is 7.79.